The molecule has 1 heterocycles. The van der Waals surface area contributed by atoms with Crippen molar-refractivity contribution >= 4 is 29.4 Å². The van der Waals surface area contributed by atoms with Gasteiger partial charge in [-0.2, -0.15) is 0 Å². The first-order chi connectivity index (χ1) is 13.4. The first-order valence-electron chi connectivity index (χ1n) is 8.75. The Morgan fingerprint density at radius 1 is 1.14 bits per heavy atom. The average molecular weight is 402 g/mol. The molecule has 0 aromatic heterocycles. The molecular formula is C20H20ClN3O4. The van der Waals surface area contributed by atoms with Crippen molar-refractivity contribution < 1.29 is 19.1 Å². The zero-order chi connectivity index (χ0) is 20.1. The van der Waals surface area contributed by atoms with E-state index in [1.165, 1.54) is 0 Å². The minimum absolute atomic E-state index is 0.256. The van der Waals surface area contributed by atoms with E-state index in [9.17, 15) is 14.4 Å². The highest BCUT2D eigenvalue weighted by molar-refractivity contribution is 6.30. The molecular weight excluding hydrogens is 382 g/mol. The molecule has 0 aliphatic carbocycles. The minimum atomic E-state index is -1.24. The Bertz CT molecular complexity index is 873. The Balaban J connectivity index is 1.53. The number of nitrogens with one attached hydrogen (secondary N) is 2. The second kappa shape index (κ2) is 8.31. The van der Waals surface area contributed by atoms with Crippen LogP contribution in [-0.4, -0.2) is 42.4 Å². The van der Waals surface area contributed by atoms with Crippen molar-refractivity contribution in [3.05, 3.63) is 65.2 Å². The lowest BCUT2D eigenvalue weighted by Gasteiger charge is -2.22. The third-order valence-electron chi connectivity index (χ3n) is 4.43. The van der Waals surface area contributed by atoms with Crippen LogP contribution >= 0.6 is 11.6 Å². The smallest absolute Gasteiger partial charge is 0.325 e. The topological polar surface area (TPSA) is 87.7 Å². The number of halogens is 1. The quantitative estimate of drug-likeness (QED) is 0.550. The van der Waals surface area contributed by atoms with E-state index in [4.69, 9.17) is 16.3 Å². The van der Waals surface area contributed by atoms with E-state index in [0.29, 0.717) is 16.3 Å². The molecule has 1 aliphatic rings. The maximum Gasteiger partial charge on any atom is 0.325 e. The lowest BCUT2D eigenvalue weighted by atomic mass is 9.92. The lowest BCUT2D eigenvalue weighted by Crippen LogP contribution is -2.43. The van der Waals surface area contributed by atoms with Crippen LogP contribution in [0, 0.1) is 0 Å². The van der Waals surface area contributed by atoms with Gasteiger partial charge in [0.15, 0.2) is 0 Å². The molecule has 8 heteroatoms. The molecule has 4 amide bonds. The first kappa shape index (κ1) is 19.7. The molecule has 0 spiro atoms. The van der Waals surface area contributed by atoms with Crippen molar-refractivity contribution in [3.63, 3.8) is 0 Å². The summed E-state index contributed by atoms with van der Waals surface area (Å²) in [4.78, 5) is 38.1. The molecule has 2 N–H and O–H groups in total. The van der Waals surface area contributed by atoms with Gasteiger partial charge < -0.3 is 15.4 Å². The van der Waals surface area contributed by atoms with Gasteiger partial charge in [0, 0.05) is 5.02 Å². The van der Waals surface area contributed by atoms with Crippen molar-refractivity contribution in [1.82, 2.24) is 15.5 Å². The average Bonchev–Trinajstić information content (AvgIpc) is 2.90. The number of benzene rings is 2. The van der Waals surface area contributed by atoms with Gasteiger partial charge in [0.25, 0.3) is 5.91 Å². The van der Waals surface area contributed by atoms with Gasteiger partial charge in [-0.15, -0.1) is 0 Å². The van der Waals surface area contributed by atoms with E-state index in [0.717, 1.165) is 4.90 Å². The SMILES string of the molecule is C[C@]1(c2ccc(Cl)cc2)NC(=O)N(CC(=O)NCCOc2ccccc2)C1=O. The zero-order valence-corrected chi connectivity index (χ0v) is 16.0. The Morgan fingerprint density at radius 3 is 2.50 bits per heavy atom. The van der Waals surface area contributed by atoms with E-state index in [1.807, 2.05) is 30.3 Å². The molecule has 3 rings (SSSR count). The molecule has 0 bridgehead atoms. The number of carbonyl (C=O) groups is 3. The molecule has 2 aromatic carbocycles. The number of urea groups is 1. The molecule has 146 valence electrons. The summed E-state index contributed by atoms with van der Waals surface area (Å²) in [5.74, 6) is -0.236. The minimum Gasteiger partial charge on any atom is -0.492 e. The third kappa shape index (κ3) is 4.26. The largest absolute Gasteiger partial charge is 0.492 e. The van der Waals surface area contributed by atoms with Crippen LogP contribution in [-0.2, 0) is 15.1 Å². The fourth-order valence-electron chi connectivity index (χ4n) is 2.89. The summed E-state index contributed by atoms with van der Waals surface area (Å²) in [5.41, 5.74) is -0.646. The lowest BCUT2D eigenvalue weighted by molar-refractivity contribution is -0.134. The van der Waals surface area contributed by atoms with Gasteiger partial charge >= 0.3 is 6.03 Å². The summed E-state index contributed by atoms with van der Waals surface area (Å²) in [6, 6.07) is 15.2. The summed E-state index contributed by atoms with van der Waals surface area (Å²) in [5, 5.41) is 5.82. The Morgan fingerprint density at radius 2 is 1.82 bits per heavy atom. The maximum atomic E-state index is 12.8. The van der Waals surface area contributed by atoms with Gasteiger partial charge in [0.05, 0.1) is 6.54 Å². The van der Waals surface area contributed by atoms with Crippen molar-refractivity contribution in [2.45, 2.75) is 12.5 Å². The number of amides is 4. The Labute approximate surface area is 167 Å². The number of hydrogen-bond acceptors (Lipinski definition) is 4. The molecule has 0 saturated carbocycles. The fourth-order valence-corrected chi connectivity index (χ4v) is 3.02. The maximum absolute atomic E-state index is 12.8. The number of ether oxygens (including phenoxy) is 1. The number of para-hydroxylation sites is 1. The van der Waals surface area contributed by atoms with Gasteiger partial charge in [0.1, 0.15) is 24.4 Å². The molecule has 1 fully saturated rings. The third-order valence-corrected chi connectivity index (χ3v) is 4.69. The number of hydrogen-bond donors (Lipinski definition) is 2. The predicted molar refractivity (Wildman–Crippen MR) is 104 cm³/mol. The Hall–Kier alpha value is -3.06. The number of rotatable bonds is 7. The summed E-state index contributed by atoms with van der Waals surface area (Å²) in [7, 11) is 0. The monoisotopic (exact) mass is 401 g/mol. The van der Waals surface area contributed by atoms with E-state index in [2.05, 4.69) is 10.6 Å². The molecule has 1 saturated heterocycles. The van der Waals surface area contributed by atoms with E-state index >= 15 is 0 Å². The fraction of sp³-hybridized carbons (Fsp3) is 0.250. The van der Waals surface area contributed by atoms with Crippen molar-refractivity contribution in [3.8, 4) is 5.75 Å². The van der Waals surface area contributed by atoms with Gasteiger partial charge in [-0.1, -0.05) is 41.9 Å². The van der Waals surface area contributed by atoms with Gasteiger partial charge in [-0.25, -0.2) is 4.79 Å². The van der Waals surface area contributed by atoms with Crippen molar-refractivity contribution in [2.24, 2.45) is 0 Å². The molecule has 1 aliphatic heterocycles. The summed E-state index contributed by atoms with van der Waals surface area (Å²) >= 11 is 5.88. The number of carbonyl (C=O) groups excluding carboxylic acids is 3. The van der Waals surface area contributed by atoms with Crippen LogP contribution in [0.15, 0.2) is 54.6 Å². The normalized spacial score (nSPS) is 18.7. The van der Waals surface area contributed by atoms with Crippen LogP contribution in [0.5, 0.6) is 5.75 Å². The van der Waals surface area contributed by atoms with Gasteiger partial charge in [-0.05, 0) is 36.8 Å². The van der Waals surface area contributed by atoms with Crippen LogP contribution in [0.1, 0.15) is 12.5 Å². The second-order valence-corrected chi connectivity index (χ2v) is 6.90. The van der Waals surface area contributed by atoms with E-state index in [-0.39, 0.29) is 19.7 Å². The van der Waals surface area contributed by atoms with Crippen LogP contribution in [0.25, 0.3) is 0 Å². The molecule has 2 aromatic rings. The molecule has 28 heavy (non-hydrogen) atoms. The van der Waals surface area contributed by atoms with Crippen LogP contribution < -0.4 is 15.4 Å². The second-order valence-electron chi connectivity index (χ2n) is 6.46. The zero-order valence-electron chi connectivity index (χ0n) is 15.3. The highest BCUT2D eigenvalue weighted by Crippen LogP contribution is 2.29. The summed E-state index contributed by atoms with van der Waals surface area (Å²) in [6.45, 7) is 1.77. The molecule has 0 unspecified atom stereocenters. The van der Waals surface area contributed by atoms with Gasteiger partial charge in [0.2, 0.25) is 5.91 Å². The first-order valence-corrected chi connectivity index (χ1v) is 9.12. The van der Waals surface area contributed by atoms with E-state index in [1.54, 1.807) is 31.2 Å². The van der Waals surface area contributed by atoms with Crippen molar-refractivity contribution in [1.29, 1.82) is 0 Å². The predicted octanol–water partition coefficient (Wildman–Crippen LogP) is 2.30. The molecule has 7 nitrogen and oxygen atoms in total. The highest BCUT2D eigenvalue weighted by atomic mass is 35.5. The van der Waals surface area contributed by atoms with E-state index < -0.39 is 23.4 Å². The van der Waals surface area contributed by atoms with Crippen LogP contribution in [0.3, 0.4) is 0 Å². The van der Waals surface area contributed by atoms with Gasteiger partial charge in [-0.3, -0.25) is 14.5 Å². The number of imide groups is 1. The standard InChI is InChI=1S/C20H20ClN3O4/c1-20(14-7-9-15(21)10-8-14)18(26)24(19(27)23-20)13-17(25)22-11-12-28-16-5-3-2-4-6-16/h2-10H,11-13H2,1H3,(H,22,25)(H,23,27)/t20-/m1/s1. The Kier molecular flexibility index (Phi) is 5.84. The summed E-state index contributed by atoms with van der Waals surface area (Å²) < 4.78 is 5.48. The van der Waals surface area contributed by atoms with Crippen LogP contribution in [0.2, 0.25) is 5.02 Å². The molecule has 0 radical (unpaired) electrons. The summed E-state index contributed by atoms with van der Waals surface area (Å²) in [6.07, 6.45) is 0. The van der Waals surface area contributed by atoms with Crippen molar-refractivity contribution in [2.75, 3.05) is 19.7 Å². The number of nitrogens with zero attached hydrogens (tertiary/aromatic N) is 1. The van der Waals surface area contributed by atoms with Crippen LogP contribution in [0.4, 0.5) is 4.79 Å². The highest BCUT2D eigenvalue weighted by Gasteiger charge is 2.49. The molecule has 1 atom stereocenters.